The van der Waals surface area contributed by atoms with E-state index < -0.39 is 0 Å². The molecule has 1 heteroatoms. The zero-order chi connectivity index (χ0) is 24.1. The Kier molecular flexibility index (Phi) is 29.2. The third-order valence-electron chi connectivity index (χ3n) is 7.29. The fourth-order valence-electron chi connectivity index (χ4n) is 4.74. The van der Waals surface area contributed by atoms with Crippen molar-refractivity contribution in [3.05, 3.63) is 12.3 Å². The summed E-state index contributed by atoms with van der Waals surface area (Å²) in [6, 6.07) is 0. The van der Waals surface area contributed by atoms with Gasteiger partial charge >= 0.3 is 0 Å². The third kappa shape index (κ3) is 27.7. The summed E-state index contributed by atoms with van der Waals surface area (Å²) < 4.78 is 5.75. The first-order valence-corrected chi connectivity index (χ1v) is 15.6. The summed E-state index contributed by atoms with van der Waals surface area (Å²) in [6.07, 6.45) is 39.6. The van der Waals surface area contributed by atoms with Gasteiger partial charge in [0.15, 0.2) is 0 Å². The third-order valence-corrected chi connectivity index (χ3v) is 7.29. The van der Waals surface area contributed by atoms with Crippen LogP contribution in [0.1, 0.15) is 181 Å². The second kappa shape index (κ2) is 29.6. The van der Waals surface area contributed by atoms with E-state index in [1.165, 1.54) is 161 Å². The van der Waals surface area contributed by atoms with Gasteiger partial charge in [-0.05, 0) is 31.3 Å². The van der Waals surface area contributed by atoms with E-state index in [9.17, 15) is 0 Å². The number of hydrogen-bond acceptors (Lipinski definition) is 1. The highest BCUT2D eigenvalue weighted by molar-refractivity contribution is 4.74. The number of ether oxygens (including phenoxy) is 1. The minimum Gasteiger partial charge on any atom is -0.501 e. The van der Waals surface area contributed by atoms with Crippen LogP contribution in [0.3, 0.4) is 0 Å². The lowest BCUT2D eigenvalue weighted by Gasteiger charge is -2.13. The summed E-state index contributed by atoms with van der Waals surface area (Å²) in [5.74, 6) is 0.745. The van der Waals surface area contributed by atoms with Crippen LogP contribution >= 0.6 is 0 Å². The molecule has 0 rings (SSSR count). The molecule has 0 aromatic carbocycles. The van der Waals surface area contributed by atoms with Gasteiger partial charge in [0.2, 0.25) is 0 Å². The first-order valence-electron chi connectivity index (χ1n) is 15.6. The predicted octanol–water partition coefficient (Wildman–Crippen LogP) is 11.9. The number of hydrogen-bond donors (Lipinski definition) is 0. The molecule has 0 aliphatic carbocycles. The van der Waals surface area contributed by atoms with Crippen molar-refractivity contribution in [2.75, 3.05) is 6.61 Å². The lowest BCUT2D eigenvalue weighted by atomic mass is 10.0. The predicted molar refractivity (Wildman–Crippen MR) is 151 cm³/mol. The number of rotatable bonds is 28. The van der Waals surface area contributed by atoms with Crippen LogP contribution in [0.2, 0.25) is 0 Å². The summed E-state index contributed by atoms with van der Waals surface area (Å²) in [7, 11) is 0. The summed E-state index contributed by atoms with van der Waals surface area (Å²) in [6.45, 7) is 7.77. The summed E-state index contributed by atoms with van der Waals surface area (Å²) in [5, 5.41) is 0. The molecule has 1 nitrogen and oxygen atoms in total. The Labute approximate surface area is 210 Å². The van der Waals surface area contributed by atoms with Gasteiger partial charge in [-0.25, -0.2) is 0 Å². The standard InChI is InChI=1S/C32H64O/c1-4-7-9-10-11-12-13-14-15-16-17-18-19-20-21-22-23-24-25-26-27-28-30-33-31-32(6-3)29-8-5-2/h28,30,32H,4-27,29,31H2,1-3H3/b30-28+. The molecule has 0 saturated heterocycles. The Morgan fingerprint density at radius 1 is 0.485 bits per heavy atom. The highest BCUT2D eigenvalue weighted by Gasteiger charge is 2.04. The molecule has 0 fully saturated rings. The van der Waals surface area contributed by atoms with E-state index in [1.807, 2.05) is 6.26 Å². The Morgan fingerprint density at radius 3 is 1.27 bits per heavy atom. The van der Waals surface area contributed by atoms with Gasteiger partial charge in [0.05, 0.1) is 12.9 Å². The van der Waals surface area contributed by atoms with Crippen molar-refractivity contribution in [3.8, 4) is 0 Å². The topological polar surface area (TPSA) is 9.23 Å². The van der Waals surface area contributed by atoms with E-state index in [0.29, 0.717) is 0 Å². The van der Waals surface area contributed by atoms with Gasteiger partial charge in [-0.15, -0.1) is 0 Å². The second-order valence-corrected chi connectivity index (χ2v) is 10.6. The summed E-state index contributed by atoms with van der Waals surface area (Å²) in [5.41, 5.74) is 0. The first-order chi connectivity index (χ1) is 16.3. The maximum Gasteiger partial charge on any atom is 0.0901 e. The Balaban J connectivity index is 3.15. The van der Waals surface area contributed by atoms with Gasteiger partial charge in [0.1, 0.15) is 0 Å². The van der Waals surface area contributed by atoms with Crippen molar-refractivity contribution >= 4 is 0 Å². The molecule has 0 aromatic rings. The molecule has 0 heterocycles. The molecule has 198 valence electrons. The average Bonchev–Trinajstić information content (AvgIpc) is 2.83. The van der Waals surface area contributed by atoms with Crippen molar-refractivity contribution in [2.24, 2.45) is 5.92 Å². The van der Waals surface area contributed by atoms with E-state index in [4.69, 9.17) is 4.74 Å². The van der Waals surface area contributed by atoms with Crippen molar-refractivity contribution in [2.45, 2.75) is 181 Å². The highest BCUT2D eigenvalue weighted by atomic mass is 16.5. The van der Waals surface area contributed by atoms with Gasteiger partial charge in [0, 0.05) is 0 Å². The fraction of sp³-hybridized carbons (Fsp3) is 0.938. The molecule has 0 radical (unpaired) electrons. The van der Waals surface area contributed by atoms with Crippen LogP contribution < -0.4 is 0 Å². The van der Waals surface area contributed by atoms with Crippen LogP contribution in [0, 0.1) is 5.92 Å². The highest BCUT2D eigenvalue weighted by Crippen LogP contribution is 2.15. The monoisotopic (exact) mass is 464 g/mol. The van der Waals surface area contributed by atoms with Crippen LogP contribution in [0.5, 0.6) is 0 Å². The minimum absolute atomic E-state index is 0.745. The van der Waals surface area contributed by atoms with Crippen LogP contribution in [0.4, 0.5) is 0 Å². The van der Waals surface area contributed by atoms with Crippen LogP contribution in [-0.4, -0.2) is 6.61 Å². The van der Waals surface area contributed by atoms with Gasteiger partial charge in [-0.3, -0.25) is 0 Å². The average molecular weight is 465 g/mol. The molecule has 1 unspecified atom stereocenters. The SMILES string of the molecule is CCCCCCCCCCCCCCCCCCCCCC/C=C/OCC(CC)CCCC. The molecule has 0 aromatic heterocycles. The van der Waals surface area contributed by atoms with E-state index in [0.717, 1.165) is 12.5 Å². The molecule has 0 aliphatic heterocycles. The molecule has 0 saturated carbocycles. The number of allylic oxidation sites excluding steroid dienone is 1. The molecule has 0 aliphatic rings. The maximum absolute atomic E-state index is 5.75. The van der Waals surface area contributed by atoms with Gasteiger partial charge < -0.3 is 4.74 Å². The molecule has 0 bridgehead atoms. The van der Waals surface area contributed by atoms with Crippen LogP contribution in [-0.2, 0) is 4.74 Å². The lowest BCUT2D eigenvalue weighted by molar-refractivity contribution is 0.182. The lowest BCUT2D eigenvalue weighted by Crippen LogP contribution is -2.06. The Hall–Kier alpha value is -0.460. The van der Waals surface area contributed by atoms with Gasteiger partial charge in [-0.2, -0.15) is 0 Å². The molecular formula is C32H64O. The largest absolute Gasteiger partial charge is 0.501 e. The quantitative estimate of drug-likeness (QED) is 0.0826. The zero-order valence-corrected chi connectivity index (χ0v) is 23.5. The van der Waals surface area contributed by atoms with E-state index in [1.54, 1.807) is 0 Å². The smallest absolute Gasteiger partial charge is 0.0901 e. The molecule has 0 amide bonds. The van der Waals surface area contributed by atoms with E-state index in [2.05, 4.69) is 26.8 Å². The van der Waals surface area contributed by atoms with Gasteiger partial charge in [0.25, 0.3) is 0 Å². The molecule has 33 heavy (non-hydrogen) atoms. The maximum atomic E-state index is 5.75. The normalized spacial score (nSPS) is 12.6. The van der Waals surface area contributed by atoms with Crippen molar-refractivity contribution in [3.63, 3.8) is 0 Å². The van der Waals surface area contributed by atoms with E-state index in [-0.39, 0.29) is 0 Å². The number of unbranched alkanes of at least 4 members (excludes halogenated alkanes) is 21. The fourth-order valence-corrected chi connectivity index (χ4v) is 4.74. The molecule has 1 atom stereocenters. The Morgan fingerprint density at radius 2 is 0.879 bits per heavy atom. The molecular weight excluding hydrogens is 400 g/mol. The molecule has 0 N–H and O–H groups in total. The summed E-state index contributed by atoms with van der Waals surface area (Å²) in [4.78, 5) is 0. The van der Waals surface area contributed by atoms with Crippen LogP contribution in [0.25, 0.3) is 0 Å². The van der Waals surface area contributed by atoms with Crippen molar-refractivity contribution in [1.29, 1.82) is 0 Å². The zero-order valence-electron chi connectivity index (χ0n) is 23.5. The van der Waals surface area contributed by atoms with E-state index >= 15 is 0 Å². The first kappa shape index (κ1) is 32.5. The summed E-state index contributed by atoms with van der Waals surface area (Å²) >= 11 is 0. The molecule has 0 spiro atoms. The second-order valence-electron chi connectivity index (χ2n) is 10.6. The Bertz CT molecular complexity index is 362. The minimum atomic E-state index is 0.745. The van der Waals surface area contributed by atoms with Crippen LogP contribution in [0.15, 0.2) is 12.3 Å². The van der Waals surface area contributed by atoms with Crippen molar-refractivity contribution in [1.82, 2.24) is 0 Å². The van der Waals surface area contributed by atoms with Gasteiger partial charge in [-0.1, -0.05) is 162 Å². The van der Waals surface area contributed by atoms with Crippen molar-refractivity contribution < 1.29 is 4.74 Å².